The van der Waals surface area contributed by atoms with E-state index in [0.717, 1.165) is 30.4 Å². The van der Waals surface area contributed by atoms with E-state index in [2.05, 4.69) is 10.4 Å². The van der Waals surface area contributed by atoms with Crippen LogP contribution in [-0.2, 0) is 29.5 Å². The molecule has 1 unspecified atom stereocenters. The van der Waals surface area contributed by atoms with Gasteiger partial charge in [0, 0.05) is 32.9 Å². The van der Waals surface area contributed by atoms with Crippen molar-refractivity contribution < 1.29 is 14.0 Å². The number of nitrogens with zero attached hydrogens (tertiary/aromatic N) is 3. The first kappa shape index (κ1) is 19.1. The maximum Gasteiger partial charge on any atom is 0.227 e. The highest BCUT2D eigenvalue weighted by Crippen LogP contribution is 2.18. The van der Waals surface area contributed by atoms with Gasteiger partial charge in [0.25, 0.3) is 0 Å². The summed E-state index contributed by atoms with van der Waals surface area (Å²) in [6.07, 6.45) is 6.30. The molecule has 144 valence electrons. The van der Waals surface area contributed by atoms with Crippen LogP contribution in [0.15, 0.2) is 36.7 Å². The molecule has 1 saturated heterocycles. The van der Waals surface area contributed by atoms with Crippen LogP contribution in [0.5, 0.6) is 0 Å². The van der Waals surface area contributed by atoms with E-state index < -0.39 is 0 Å². The lowest BCUT2D eigenvalue weighted by molar-refractivity contribution is -0.135. The van der Waals surface area contributed by atoms with Crippen molar-refractivity contribution in [1.29, 1.82) is 0 Å². The molecule has 3 rings (SSSR count). The van der Waals surface area contributed by atoms with Gasteiger partial charge in [0.15, 0.2) is 0 Å². The summed E-state index contributed by atoms with van der Waals surface area (Å²) in [5.74, 6) is -0.510. The maximum absolute atomic E-state index is 13.0. The molecule has 1 aliphatic rings. The highest BCUT2D eigenvalue weighted by atomic mass is 19.1. The Labute approximate surface area is 158 Å². The first-order valence-corrected chi connectivity index (χ1v) is 9.29. The summed E-state index contributed by atoms with van der Waals surface area (Å²) in [6.45, 7) is 1.67. The molecule has 1 N–H and O–H groups in total. The number of carbonyl (C=O) groups excluding carboxylic acids is 2. The molecular formula is C20H25FN4O2. The van der Waals surface area contributed by atoms with Gasteiger partial charge in [-0.1, -0.05) is 12.1 Å². The number of halogens is 1. The number of hydrogen-bond donors (Lipinski definition) is 1. The zero-order valence-electron chi connectivity index (χ0n) is 15.5. The lowest BCUT2D eigenvalue weighted by Gasteiger charge is -2.32. The number of nitrogens with one attached hydrogen (secondary N) is 1. The van der Waals surface area contributed by atoms with Gasteiger partial charge < -0.3 is 10.2 Å². The van der Waals surface area contributed by atoms with E-state index in [1.54, 1.807) is 27.9 Å². The van der Waals surface area contributed by atoms with E-state index in [1.165, 1.54) is 12.1 Å². The maximum atomic E-state index is 13.0. The Morgan fingerprint density at radius 3 is 2.74 bits per heavy atom. The van der Waals surface area contributed by atoms with Crippen LogP contribution in [0.3, 0.4) is 0 Å². The molecule has 2 amide bonds. The third-order valence-corrected chi connectivity index (χ3v) is 4.88. The largest absolute Gasteiger partial charge is 0.355 e. The van der Waals surface area contributed by atoms with Crippen LogP contribution in [0, 0.1) is 11.7 Å². The third-order valence-electron chi connectivity index (χ3n) is 4.88. The van der Waals surface area contributed by atoms with Gasteiger partial charge in [-0.25, -0.2) is 4.39 Å². The summed E-state index contributed by atoms with van der Waals surface area (Å²) in [7, 11) is 1.86. The Bertz CT molecular complexity index is 788. The lowest BCUT2D eigenvalue weighted by atomic mass is 9.96. The Balaban J connectivity index is 1.46. The van der Waals surface area contributed by atoms with Crippen LogP contribution in [-0.4, -0.2) is 46.1 Å². The number of likely N-dealkylation sites (tertiary alicyclic amines) is 1. The summed E-state index contributed by atoms with van der Waals surface area (Å²) in [5, 5.41) is 7.08. The molecule has 0 bridgehead atoms. The van der Waals surface area contributed by atoms with Crippen molar-refractivity contribution in [1.82, 2.24) is 20.0 Å². The van der Waals surface area contributed by atoms with Gasteiger partial charge in [-0.2, -0.15) is 5.10 Å². The van der Waals surface area contributed by atoms with Crippen LogP contribution in [0.2, 0.25) is 0 Å². The van der Waals surface area contributed by atoms with Gasteiger partial charge in [0.1, 0.15) is 5.82 Å². The predicted octanol–water partition coefficient (Wildman–Crippen LogP) is 1.70. The average molecular weight is 372 g/mol. The number of amides is 2. The summed E-state index contributed by atoms with van der Waals surface area (Å²) in [5.41, 5.74) is 1.86. The number of aryl methyl sites for hydroxylation is 1. The molecule has 1 fully saturated rings. The minimum atomic E-state index is -0.313. The van der Waals surface area contributed by atoms with Crippen molar-refractivity contribution in [2.24, 2.45) is 13.0 Å². The van der Waals surface area contributed by atoms with E-state index >= 15 is 0 Å². The van der Waals surface area contributed by atoms with Gasteiger partial charge in [0.2, 0.25) is 11.8 Å². The summed E-state index contributed by atoms with van der Waals surface area (Å²) < 4.78 is 14.7. The standard InChI is InChI=1S/C20H25FN4O2/c1-24-13-16(12-23-24)8-9-22-20(27)17-3-2-10-25(14-17)19(26)11-15-4-6-18(21)7-5-15/h4-7,12-13,17H,2-3,8-11,14H2,1H3,(H,22,27). The van der Waals surface area contributed by atoms with Crippen LogP contribution < -0.4 is 5.32 Å². The molecule has 7 heteroatoms. The van der Waals surface area contributed by atoms with Gasteiger partial charge in [-0.05, 0) is 42.5 Å². The molecular weight excluding hydrogens is 347 g/mol. The van der Waals surface area contributed by atoms with Gasteiger partial charge in [-0.15, -0.1) is 0 Å². The van der Waals surface area contributed by atoms with Crippen molar-refractivity contribution in [3.63, 3.8) is 0 Å². The zero-order chi connectivity index (χ0) is 19.2. The number of piperidine rings is 1. The Hall–Kier alpha value is -2.70. The van der Waals surface area contributed by atoms with E-state index in [0.29, 0.717) is 19.6 Å². The van der Waals surface area contributed by atoms with Crippen LogP contribution >= 0.6 is 0 Å². The van der Waals surface area contributed by atoms with Crippen molar-refractivity contribution in [2.75, 3.05) is 19.6 Å². The quantitative estimate of drug-likeness (QED) is 0.839. The number of aromatic nitrogens is 2. The van der Waals surface area contributed by atoms with Gasteiger partial charge in [0.05, 0.1) is 18.5 Å². The SMILES string of the molecule is Cn1cc(CCNC(=O)C2CCCN(C(=O)Cc3ccc(F)cc3)C2)cn1. The van der Waals surface area contributed by atoms with Crippen molar-refractivity contribution >= 4 is 11.8 Å². The molecule has 0 saturated carbocycles. The molecule has 2 heterocycles. The molecule has 1 atom stereocenters. The number of rotatable bonds is 6. The first-order valence-electron chi connectivity index (χ1n) is 9.29. The fourth-order valence-electron chi connectivity index (χ4n) is 3.38. The van der Waals surface area contributed by atoms with E-state index in [-0.39, 0.29) is 30.0 Å². The van der Waals surface area contributed by atoms with E-state index in [9.17, 15) is 14.0 Å². The summed E-state index contributed by atoms with van der Waals surface area (Å²) in [4.78, 5) is 26.7. The number of hydrogen-bond acceptors (Lipinski definition) is 3. The second-order valence-corrected chi connectivity index (χ2v) is 7.05. The highest BCUT2D eigenvalue weighted by Gasteiger charge is 2.28. The molecule has 0 radical (unpaired) electrons. The summed E-state index contributed by atoms with van der Waals surface area (Å²) in [6, 6.07) is 5.97. The highest BCUT2D eigenvalue weighted by molar-refractivity contribution is 5.82. The third kappa shape index (κ3) is 5.39. The second-order valence-electron chi connectivity index (χ2n) is 7.05. The van der Waals surface area contributed by atoms with Crippen LogP contribution in [0.25, 0.3) is 0 Å². The second kappa shape index (κ2) is 8.79. The molecule has 6 nitrogen and oxygen atoms in total. The molecule has 2 aromatic rings. The lowest BCUT2D eigenvalue weighted by Crippen LogP contribution is -2.46. The average Bonchev–Trinajstić information content (AvgIpc) is 3.08. The zero-order valence-corrected chi connectivity index (χ0v) is 15.5. The van der Waals surface area contributed by atoms with E-state index in [1.807, 2.05) is 13.2 Å². The molecule has 1 aromatic heterocycles. The molecule has 27 heavy (non-hydrogen) atoms. The van der Waals surface area contributed by atoms with Crippen molar-refractivity contribution in [2.45, 2.75) is 25.7 Å². The van der Waals surface area contributed by atoms with Gasteiger partial charge >= 0.3 is 0 Å². The van der Waals surface area contributed by atoms with E-state index in [4.69, 9.17) is 0 Å². The normalized spacial score (nSPS) is 17.0. The van der Waals surface area contributed by atoms with Crippen LogP contribution in [0.1, 0.15) is 24.0 Å². The smallest absolute Gasteiger partial charge is 0.227 e. The minimum Gasteiger partial charge on any atom is -0.355 e. The molecule has 1 aromatic carbocycles. The fraction of sp³-hybridized carbons (Fsp3) is 0.450. The molecule has 0 aliphatic carbocycles. The van der Waals surface area contributed by atoms with Crippen molar-refractivity contribution in [3.8, 4) is 0 Å². The van der Waals surface area contributed by atoms with Crippen LogP contribution in [0.4, 0.5) is 4.39 Å². The monoisotopic (exact) mass is 372 g/mol. The fourth-order valence-corrected chi connectivity index (χ4v) is 3.38. The Kier molecular flexibility index (Phi) is 6.21. The van der Waals surface area contributed by atoms with Gasteiger partial charge in [-0.3, -0.25) is 14.3 Å². The number of carbonyl (C=O) groups is 2. The molecule has 1 aliphatic heterocycles. The Morgan fingerprint density at radius 2 is 2.04 bits per heavy atom. The van der Waals surface area contributed by atoms with Crippen molar-refractivity contribution in [3.05, 3.63) is 53.6 Å². The molecule has 0 spiro atoms. The summed E-state index contributed by atoms with van der Waals surface area (Å²) >= 11 is 0. The number of benzene rings is 1. The predicted molar refractivity (Wildman–Crippen MR) is 99.3 cm³/mol. The topological polar surface area (TPSA) is 67.2 Å². The minimum absolute atomic E-state index is 0.00169. The first-order chi connectivity index (χ1) is 13.0. The Morgan fingerprint density at radius 1 is 1.26 bits per heavy atom.